The molecule has 1 aliphatic rings. The number of Topliss-reactive ketones (excluding diaryl/α,β-unsaturated/α-hetero) is 2. The number of hydrogen-bond donors (Lipinski definition) is 0. The molecule has 0 unspecified atom stereocenters. The van der Waals surface area contributed by atoms with Gasteiger partial charge in [0.05, 0.1) is 0 Å². The Morgan fingerprint density at radius 3 is 2.44 bits per heavy atom. The molecular weight excluding hydrogens is 228 g/mol. The van der Waals surface area contributed by atoms with Crippen molar-refractivity contribution < 1.29 is 9.59 Å². The molecule has 0 N–H and O–H groups in total. The van der Waals surface area contributed by atoms with E-state index in [4.69, 9.17) is 0 Å². The normalized spacial score (nSPS) is 16.6. The Bertz CT molecular complexity index is 477. The lowest BCUT2D eigenvalue weighted by Crippen LogP contribution is -2.20. The third-order valence-electron chi connectivity index (χ3n) is 3.40. The summed E-state index contributed by atoms with van der Waals surface area (Å²) in [5.41, 5.74) is 1.08. The van der Waals surface area contributed by atoms with Crippen LogP contribution in [0.15, 0.2) is 6.07 Å². The lowest BCUT2D eigenvalue weighted by Gasteiger charge is -2.19. The molecule has 1 aliphatic carbocycles. The fourth-order valence-corrected chi connectivity index (χ4v) is 2.43. The van der Waals surface area contributed by atoms with Crippen molar-refractivity contribution in [3.63, 3.8) is 0 Å². The number of rotatable bonds is 3. The second kappa shape index (κ2) is 5.38. The summed E-state index contributed by atoms with van der Waals surface area (Å²) in [6, 6.07) is 1.68. The van der Waals surface area contributed by atoms with E-state index in [1.807, 2.05) is 0 Å². The lowest BCUT2D eigenvalue weighted by molar-refractivity contribution is 0.0883. The van der Waals surface area contributed by atoms with Crippen LogP contribution >= 0.6 is 0 Å². The Balaban J connectivity index is 2.26. The average Bonchev–Trinajstić information content (AvgIpc) is 2.38. The summed E-state index contributed by atoms with van der Waals surface area (Å²) in [6.07, 6.45) is 5.32. The third kappa shape index (κ3) is 2.81. The van der Waals surface area contributed by atoms with E-state index in [2.05, 4.69) is 9.97 Å². The molecule has 1 aromatic heterocycles. The molecule has 18 heavy (non-hydrogen) atoms. The Labute approximate surface area is 107 Å². The zero-order valence-electron chi connectivity index (χ0n) is 10.9. The van der Waals surface area contributed by atoms with Crippen LogP contribution < -0.4 is 0 Å². The molecule has 0 saturated heterocycles. The largest absolute Gasteiger partial charge is 0.292 e. The maximum atomic E-state index is 12.3. The number of nitrogens with zero attached hydrogens (tertiary/aromatic N) is 2. The van der Waals surface area contributed by atoms with Crippen molar-refractivity contribution in [2.45, 2.75) is 46.0 Å². The standard InChI is InChI=1S/C14H18N2O2/c1-9-8-12(16-14(15-9)10(2)17)13(18)11-6-4-3-5-7-11/h8,11H,3-7H2,1-2H3. The van der Waals surface area contributed by atoms with Crippen molar-refractivity contribution in [2.75, 3.05) is 0 Å². The van der Waals surface area contributed by atoms with E-state index in [-0.39, 0.29) is 23.3 Å². The molecule has 4 nitrogen and oxygen atoms in total. The van der Waals surface area contributed by atoms with Gasteiger partial charge in [-0.2, -0.15) is 0 Å². The number of carbonyl (C=O) groups excluding carboxylic acids is 2. The third-order valence-corrected chi connectivity index (χ3v) is 3.40. The Morgan fingerprint density at radius 1 is 1.17 bits per heavy atom. The van der Waals surface area contributed by atoms with E-state index in [0.29, 0.717) is 11.4 Å². The van der Waals surface area contributed by atoms with Crippen LogP contribution in [0.2, 0.25) is 0 Å². The lowest BCUT2D eigenvalue weighted by atomic mass is 9.85. The van der Waals surface area contributed by atoms with E-state index in [0.717, 1.165) is 25.7 Å². The fourth-order valence-electron chi connectivity index (χ4n) is 2.43. The predicted octanol–water partition coefficient (Wildman–Crippen LogP) is 2.75. The van der Waals surface area contributed by atoms with E-state index in [9.17, 15) is 9.59 Å². The first-order chi connectivity index (χ1) is 8.58. The van der Waals surface area contributed by atoms with Crippen LogP contribution in [-0.2, 0) is 0 Å². The molecular formula is C14H18N2O2. The van der Waals surface area contributed by atoms with E-state index < -0.39 is 0 Å². The molecule has 1 aromatic rings. The minimum absolute atomic E-state index is 0.0719. The van der Waals surface area contributed by atoms with Crippen LogP contribution in [0.25, 0.3) is 0 Å². The SMILES string of the molecule is CC(=O)c1nc(C)cc(C(=O)C2CCCCC2)n1. The van der Waals surface area contributed by atoms with Gasteiger partial charge in [0.1, 0.15) is 5.69 Å². The van der Waals surface area contributed by atoms with Crippen LogP contribution in [0.4, 0.5) is 0 Å². The van der Waals surface area contributed by atoms with Gasteiger partial charge in [0.2, 0.25) is 0 Å². The number of aromatic nitrogens is 2. The summed E-state index contributed by atoms with van der Waals surface area (Å²) >= 11 is 0. The highest BCUT2D eigenvalue weighted by Gasteiger charge is 2.24. The van der Waals surface area contributed by atoms with Gasteiger partial charge >= 0.3 is 0 Å². The summed E-state index contributed by atoms with van der Waals surface area (Å²) in [5.74, 6) is 0.0983. The van der Waals surface area contributed by atoms with Gasteiger partial charge in [0, 0.05) is 18.5 Å². The summed E-state index contributed by atoms with van der Waals surface area (Å²) in [6.45, 7) is 3.20. The average molecular weight is 246 g/mol. The molecule has 1 heterocycles. The van der Waals surface area contributed by atoms with Crippen molar-refractivity contribution >= 4 is 11.6 Å². The highest BCUT2D eigenvalue weighted by molar-refractivity contribution is 5.98. The highest BCUT2D eigenvalue weighted by atomic mass is 16.1. The predicted molar refractivity (Wildman–Crippen MR) is 67.7 cm³/mol. The minimum Gasteiger partial charge on any atom is -0.292 e. The Hall–Kier alpha value is -1.58. The molecule has 96 valence electrons. The molecule has 0 aromatic carbocycles. The molecule has 0 atom stereocenters. The molecule has 1 fully saturated rings. The van der Waals surface area contributed by atoms with Gasteiger partial charge in [-0.05, 0) is 25.8 Å². The van der Waals surface area contributed by atoms with Crippen LogP contribution in [0.5, 0.6) is 0 Å². The topological polar surface area (TPSA) is 59.9 Å². The maximum Gasteiger partial charge on any atom is 0.197 e. The Kier molecular flexibility index (Phi) is 3.84. The molecule has 0 radical (unpaired) electrons. The first-order valence-corrected chi connectivity index (χ1v) is 6.49. The number of hydrogen-bond acceptors (Lipinski definition) is 4. The minimum atomic E-state index is -0.198. The van der Waals surface area contributed by atoms with Gasteiger partial charge in [-0.1, -0.05) is 19.3 Å². The van der Waals surface area contributed by atoms with Crippen molar-refractivity contribution in [1.29, 1.82) is 0 Å². The van der Waals surface area contributed by atoms with Crippen LogP contribution in [0, 0.1) is 12.8 Å². The molecule has 0 spiro atoms. The fraction of sp³-hybridized carbons (Fsp3) is 0.571. The number of ketones is 2. The summed E-state index contributed by atoms with van der Waals surface area (Å²) in [4.78, 5) is 31.8. The van der Waals surface area contributed by atoms with Crippen LogP contribution in [0.1, 0.15) is 65.8 Å². The number of aryl methyl sites for hydroxylation is 1. The molecule has 2 rings (SSSR count). The van der Waals surface area contributed by atoms with Gasteiger partial charge < -0.3 is 0 Å². The summed E-state index contributed by atoms with van der Waals surface area (Å²) < 4.78 is 0. The van der Waals surface area contributed by atoms with Gasteiger partial charge in [-0.15, -0.1) is 0 Å². The van der Waals surface area contributed by atoms with E-state index in [1.54, 1.807) is 13.0 Å². The first kappa shape index (κ1) is 12.9. The maximum absolute atomic E-state index is 12.3. The van der Waals surface area contributed by atoms with E-state index in [1.165, 1.54) is 13.3 Å². The van der Waals surface area contributed by atoms with Crippen LogP contribution in [0.3, 0.4) is 0 Å². The smallest absolute Gasteiger partial charge is 0.197 e. The van der Waals surface area contributed by atoms with Crippen molar-refractivity contribution in [3.05, 3.63) is 23.3 Å². The second-order valence-electron chi connectivity index (χ2n) is 4.97. The van der Waals surface area contributed by atoms with Gasteiger partial charge in [-0.25, -0.2) is 9.97 Å². The molecule has 1 saturated carbocycles. The van der Waals surface area contributed by atoms with Gasteiger partial charge in [-0.3, -0.25) is 9.59 Å². The quantitative estimate of drug-likeness (QED) is 0.769. The molecule has 0 aliphatic heterocycles. The van der Waals surface area contributed by atoms with Gasteiger partial charge in [0.15, 0.2) is 17.4 Å². The monoisotopic (exact) mass is 246 g/mol. The van der Waals surface area contributed by atoms with Gasteiger partial charge in [0.25, 0.3) is 0 Å². The molecule has 0 bridgehead atoms. The highest BCUT2D eigenvalue weighted by Crippen LogP contribution is 2.26. The number of carbonyl (C=O) groups is 2. The van der Waals surface area contributed by atoms with Crippen LogP contribution in [-0.4, -0.2) is 21.5 Å². The van der Waals surface area contributed by atoms with Crippen molar-refractivity contribution in [1.82, 2.24) is 9.97 Å². The molecule has 0 amide bonds. The van der Waals surface area contributed by atoms with Crippen molar-refractivity contribution in [3.8, 4) is 0 Å². The molecule has 4 heteroatoms. The Morgan fingerprint density at radius 2 is 1.83 bits per heavy atom. The van der Waals surface area contributed by atoms with Crippen molar-refractivity contribution in [2.24, 2.45) is 5.92 Å². The first-order valence-electron chi connectivity index (χ1n) is 6.49. The zero-order valence-corrected chi connectivity index (χ0v) is 10.9. The van der Waals surface area contributed by atoms with E-state index >= 15 is 0 Å². The summed E-state index contributed by atoms with van der Waals surface area (Å²) in [5, 5.41) is 0. The summed E-state index contributed by atoms with van der Waals surface area (Å²) in [7, 11) is 0. The zero-order chi connectivity index (χ0) is 13.1. The second-order valence-corrected chi connectivity index (χ2v) is 4.97.